The summed E-state index contributed by atoms with van der Waals surface area (Å²) in [6.07, 6.45) is 1.88. The van der Waals surface area contributed by atoms with E-state index in [0.29, 0.717) is 24.3 Å². The fourth-order valence-corrected chi connectivity index (χ4v) is 2.86. The molecular weight excluding hydrogens is 300 g/mol. The van der Waals surface area contributed by atoms with Crippen molar-refractivity contribution in [3.8, 4) is 0 Å². The maximum atomic E-state index is 12.2. The van der Waals surface area contributed by atoms with Crippen molar-refractivity contribution in [2.24, 2.45) is 0 Å². The molecule has 0 bridgehead atoms. The summed E-state index contributed by atoms with van der Waals surface area (Å²) in [5.74, 6) is -0.546. The van der Waals surface area contributed by atoms with Crippen LogP contribution in [0.25, 0.3) is 0 Å². The van der Waals surface area contributed by atoms with Crippen molar-refractivity contribution in [3.63, 3.8) is 0 Å². The highest BCUT2D eigenvalue weighted by molar-refractivity contribution is 6.02. The first-order valence-corrected chi connectivity index (χ1v) is 7.53. The van der Waals surface area contributed by atoms with Crippen LogP contribution in [0.15, 0.2) is 11.1 Å². The minimum atomic E-state index is -0.229. The SMILES string of the molecule is Cc1ncn(CC(=O)N2CC(N3C(=O)CCC3=O)C2)c(=O)c1C. The third-order valence-corrected chi connectivity index (χ3v) is 4.49. The van der Waals surface area contributed by atoms with Crippen LogP contribution in [0.4, 0.5) is 0 Å². The smallest absolute Gasteiger partial charge is 0.256 e. The van der Waals surface area contributed by atoms with Gasteiger partial charge >= 0.3 is 0 Å². The van der Waals surface area contributed by atoms with Gasteiger partial charge in [0, 0.05) is 37.2 Å². The van der Waals surface area contributed by atoms with Crippen LogP contribution in [0, 0.1) is 13.8 Å². The molecule has 2 saturated heterocycles. The fourth-order valence-electron chi connectivity index (χ4n) is 2.86. The van der Waals surface area contributed by atoms with E-state index in [0.717, 1.165) is 0 Å². The number of nitrogens with zero attached hydrogens (tertiary/aromatic N) is 4. The zero-order chi connectivity index (χ0) is 16.7. The van der Waals surface area contributed by atoms with Crippen LogP contribution in [0.5, 0.6) is 0 Å². The lowest BCUT2D eigenvalue weighted by molar-refractivity contribution is -0.151. The molecule has 3 amide bonds. The lowest BCUT2D eigenvalue weighted by Crippen LogP contribution is -2.62. The number of rotatable bonds is 3. The largest absolute Gasteiger partial charge is 0.337 e. The normalized spacial score (nSPS) is 18.5. The van der Waals surface area contributed by atoms with Gasteiger partial charge in [-0.2, -0.15) is 0 Å². The van der Waals surface area contributed by atoms with Gasteiger partial charge in [0.1, 0.15) is 6.54 Å². The van der Waals surface area contributed by atoms with Crippen molar-refractivity contribution in [1.82, 2.24) is 19.4 Å². The second-order valence-corrected chi connectivity index (χ2v) is 6.00. The van der Waals surface area contributed by atoms with Gasteiger partial charge < -0.3 is 4.90 Å². The van der Waals surface area contributed by atoms with Crippen LogP contribution >= 0.6 is 0 Å². The molecule has 1 aromatic rings. The Balaban J connectivity index is 1.62. The van der Waals surface area contributed by atoms with Crippen molar-refractivity contribution >= 4 is 17.7 Å². The Labute approximate surface area is 132 Å². The molecule has 0 spiro atoms. The molecule has 0 aliphatic carbocycles. The Hall–Kier alpha value is -2.51. The number of aromatic nitrogens is 2. The van der Waals surface area contributed by atoms with Gasteiger partial charge in [-0.3, -0.25) is 28.6 Å². The van der Waals surface area contributed by atoms with Crippen LogP contribution in [-0.2, 0) is 20.9 Å². The molecule has 122 valence electrons. The van der Waals surface area contributed by atoms with E-state index < -0.39 is 0 Å². The lowest BCUT2D eigenvalue weighted by Gasteiger charge is -2.43. The quantitative estimate of drug-likeness (QED) is 0.682. The maximum absolute atomic E-state index is 12.2. The van der Waals surface area contributed by atoms with E-state index in [2.05, 4.69) is 4.98 Å². The number of hydrogen-bond acceptors (Lipinski definition) is 5. The molecule has 2 aliphatic heterocycles. The Morgan fingerprint density at radius 1 is 1.17 bits per heavy atom. The third-order valence-electron chi connectivity index (χ3n) is 4.49. The topological polar surface area (TPSA) is 92.6 Å². The standard InChI is InChI=1S/C15H18N4O4/c1-9-10(2)16-8-18(15(9)23)7-14(22)17-5-11(6-17)19-12(20)3-4-13(19)21/h8,11H,3-7H2,1-2H3. The molecule has 0 aromatic carbocycles. The summed E-state index contributed by atoms with van der Waals surface area (Å²) in [6, 6.07) is -0.226. The van der Waals surface area contributed by atoms with Gasteiger partial charge in [0.05, 0.1) is 12.4 Å². The van der Waals surface area contributed by atoms with Crippen LogP contribution in [0.2, 0.25) is 0 Å². The van der Waals surface area contributed by atoms with E-state index >= 15 is 0 Å². The predicted octanol–water partition coefficient (Wildman–Crippen LogP) is -0.780. The van der Waals surface area contributed by atoms with E-state index in [-0.39, 0.29) is 48.7 Å². The first-order chi connectivity index (χ1) is 10.9. The number of likely N-dealkylation sites (tertiary alicyclic amines) is 2. The van der Waals surface area contributed by atoms with Crippen LogP contribution in [-0.4, -0.2) is 56.2 Å². The highest BCUT2D eigenvalue weighted by atomic mass is 16.2. The van der Waals surface area contributed by atoms with Crippen LogP contribution in [0.3, 0.4) is 0 Å². The van der Waals surface area contributed by atoms with E-state index in [4.69, 9.17) is 0 Å². The zero-order valence-corrected chi connectivity index (χ0v) is 13.1. The number of carbonyl (C=O) groups excluding carboxylic acids is 3. The van der Waals surface area contributed by atoms with E-state index in [1.54, 1.807) is 18.7 Å². The van der Waals surface area contributed by atoms with Gasteiger partial charge in [-0.1, -0.05) is 0 Å². The van der Waals surface area contributed by atoms with E-state index in [1.807, 2.05) is 0 Å². The summed E-state index contributed by atoms with van der Waals surface area (Å²) in [6.45, 7) is 4.01. The van der Waals surface area contributed by atoms with Crippen LogP contribution < -0.4 is 5.56 Å². The number of amides is 3. The number of aryl methyl sites for hydroxylation is 1. The summed E-state index contributed by atoms with van der Waals surface area (Å²) in [5, 5.41) is 0. The molecule has 3 rings (SSSR count). The lowest BCUT2D eigenvalue weighted by atomic mass is 10.1. The third kappa shape index (κ3) is 2.64. The van der Waals surface area contributed by atoms with Crippen molar-refractivity contribution in [3.05, 3.63) is 27.9 Å². The number of hydrogen-bond donors (Lipinski definition) is 0. The van der Waals surface area contributed by atoms with Gasteiger partial charge in [0.2, 0.25) is 17.7 Å². The van der Waals surface area contributed by atoms with E-state index in [9.17, 15) is 19.2 Å². The second kappa shape index (κ2) is 5.60. The number of carbonyl (C=O) groups is 3. The van der Waals surface area contributed by atoms with Crippen molar-refractivity contribution < 1.29 is 14.4 Å². The van der Waals surface area contributed by atoms with Gasteiger partial charge in [0.15, 0.2) is 0 Å². The molecule has 0 atom stereocenters. The van der Waals surface area contributed by atoms with Gasteiger partial charge in [-0.25, -0.2) is 4.98 Å². The first kappa shape index (κ1) is 15.4. The molecule has 0 N–H and O–H groups in total. The number of imide groups is 1. The Kier molecular flexibility index (Phi) is 3.75. The van der Waals surface area contributed by atoms with Gasteiger partial charge in [0.25, 0.3) is 5.56 Å². The van der Waals surface area contributed by atoms with Crippen molar-refractivity contribution in [2.75, 3.05) is 13.1 Å². The highest BCUT2D eigenvalue weighted by Crippen LogP contribution is 2.22. The minimum absolute atomic E-state index is 0.0818. The van der Waals surface area contributed by atoms with Crippen LogP contribution in [0.1, 0.15) is 24.1 Å². The Bertz CT molecular complexity index is 732. The van der Waals surface area contributed by atoms with Gasteiger partial charge in [-0.15, -0.1) is 0 Å². The molecule has 8 heteroatoms. The average molecular weight is 318 g/mol. The molecule has 2 aliphatic rings. The Morgan fingerprint density at radius 2 is 1.78 bits per heavy atom. The maximum Gasteiger partial charge on any atom is 0.256 e. The predicted molar refractivity (Wildman–Crippen MR) is 79.4 cm³/mol. The summed E-state index contributed by atoms with van der Waals surface area (Å²) >= 11 is 0. The molecular formula is C15H18N4O4. The summed E-state index contributed by atoms with van der Waals surface area (Å²) < 4.78 is 1.28. The monoisotopic (exact) mass is 318 g/mol. The van der Waals surface area contributed by atoms with Gasteiger partial charge in [-0.05, 0) is 13.8 Å². The average Bonchev–Trinajstić information content (AvgIpc) is 2.79. The molecule has 0 unspecified atom stereocenters. The molecule has 0 radical (unpaired) electrons. The molecule has 0 saturated carbocycles. The molecule has 8 nitrogen and oxygen atoms in total. The summed E-state index contributed by atoms with van der Waals surface area (Å²) in [5.41, 5.74) is 0.941. The Morgan fingerprint density at radius 3 is 2.39 bits per heavy atom. The van der Waals surface area contributed by atoms with Crippen molar-refractivity contribution in [1.29, 1.82) is 0 Å². The van der Waals surface area contributed by atoms with Crippen molar-refractivity contribution in [2.45, 2.75) is 39.3 Å². The van der Waals surface area contributed by atoms with E-state index in [1.165, 1.54) is 15.8 Å². The minimum Gasteiger partial charge on any atom is -0.337 e. The second-order valence-electron chi connectivity index (χ2n) is 6.00. The highest BCUT2D eigenvalue weighted by Gasteiger charge is 2.42. The molecule has 3 heterocycles. The fraction of sp³-hybridized carbons (Fsp3) is 0.533. The molecule has 1 aromatic heterocycles. The summed E-state index contributed by atoms with van der Waals surface area (Å²) in [7, 11) is 0. The summed E-state index contributed by atoms with van der Waals surface area (Å²) in [4.78, 5) is 54.5. The first-order valence-electron chi connectivity index (χ1n) is 7.53. The molecule has 23 heavy (non-hydrogen) atoms. The molecule has 2 fully saturated rings. The zero-order valence-electron chi connectivity index (χ0n) is 13.1.